The SMILES string of the molecule is Cc1cccc(C#N)c1Nc1nc2c(s1)CCC2. The summed E-state index contributed by atoms with van der Waals surface area (Å²) in [5.41, 5.74) is 3.86. The third-order valence-electron chi connectivity index (χ3n) is 3.22. The van der Waals surface area contributed by atoms with E-state index in [0.717, 1.165) is 29.2 Å². The molecule has 18 heavy (non-hydrogen) atoms. The van der Waals surface area contributed by atoms with Gasteiger partial charge in [0.25, 0.3) is 0 Å². The molecule has 0 radical (unpaired) electrons. The second-order valence-corrected chi connectivity index (χ2v) is 5.56. The molecule has 1 aliphatic rings. The van der Waals surface area contributed by atoms with Crippen molar-refractivity contribution in [1.29, 1.82) is 5.26 Å². The number of aromatic nitrogens is 1. The lowest BCUT2D eigenvalue weighted by atomic mass is 10.1. The van der Waals surface area contributed by atoms with Crippen LogP contribution in [0.15, 0.2) is 18.2 Å². The first-order chi connectivity index (χ1) is 8.78. The summed E-state index contributed by atoms with van der Waals surface area (Å²) >= 11 is 1.71. The van der Waals surface area contributed by atoms with E-state index >= 15 is 0 Å². The molecule has 90 valence electrons. The van der Waals surface area contributed by atoms with E-state index in [9.17, 15) is 0 Å². The molecule has 1 aromatic heterocycles. The van der Waals surface area contributed by atoms with Gasteiger partial charge in [-0.15, -0.1) is 11.3 Å². The first-order valence-electron chi connectivity index (χ1n) is 6.03. The van der Waals surface area contributed by atoms with E-state index < -0.39 is 0 Å². The van der Waals surface area contributed by atoms with Gasteiger partial charge in [0.2, 0.25) is 0 Å². The molecule has 0 saturated heterocycles. The molecule has 3 rings (SSSR count). The minimum atomic E-state index is 0.672. The molecule has 1 N–H and O–H groups in total. The zero-order valence-corrected chi connectivity index (χ0v) is 11.0. The number of hydrogen-bond acceptors (Lipinski definition) is 4. The highest BCUT2D eigenvalue weighted by molar-refractivity contribution is 7.15. The maximum absolute atomic E-state index is 9.13. The van der Waals surface area contributed by atoms with Crippen LogP contribution in [0.1, 0.15) is 28.1 Å². The van der Waals surface area contributed by atoms with Gasteiger partial charge in [-0.05, 0) is 37.8 Å². The van der Waals surface area contributed by atoms with E-state index in [1.54, 1.807) is 11.3 Å². The molecule has 2 aromatic rings. The molecule has 4 heteroatoms. The second kappa shape index (κ2) is 4.43. The van der Waals surface area contributed by atoms with Crippen molar-refractivity contribution in [3.63, 3.8) is 0 Å². The van der Waals surface area contributed by atoms with Crippen molar-refractivity contribution in [3.05, 3.63) is 39.9 Å². The molecule has 0 saturated carbocycles. The number of hydrogen-bond donors (Lipinski definition) is 1. The number of para-hydroxylation sites is 1. The predicted octanol–water partition coefficient (Wildman–Crippen LogP) is 3.56. The predicted molar refractivity (Wildman–Crippen MR) is 73.3 cm³/mol. The topological polar surface area (TPSA) is 48.7 Å². The maximum Gasteiger partial charge on any atom is 0.187 e. The van der Waals surface area contributed by atoms with Gasteiger partial charge in [-0.1, -0.05) is 12.1 Å². The standard InChI is InChI=1S/C14H13N3S/c1-9-4-2-5-10(8-15)13(9)17-14-16-11-6-3-7-12(11)18-14/h2,4-5H,3,6-7H2,1H3,(H,16,17). The summed E-state index contributed by atoms with van der Waals surface area (Å²) in [4.78, 5) is 5.99. The van der Waals surface area contributed by atoms with Crippen molar-refractivity contribution in [1.82, 2.24) is 4.98 Å². The van der Waals surface area contributed by atoms with Crippen molar-refractivity contribution < 1.29 is 0 Å². The van der Waals surface area contributed by atoms with E-state index in [1.807, 2.05) is 25.1 Å². The summed E-state index contributed by atoms with van der Waals surface area (Å²) in [7, 11) is 0. The lowest BCUT2D eigenvalue weighted by Crippen LogP contribution is -1.96. The van der Waals surface area contributed by atoms with Crippen LogP contribution in [0.25, 0.3) is 0 Å². The number of nitrogens with one attached hydrogen (secondary N) is 1. The van der Waals surface area contributed by atoms with Gasteiger partial charge >= 0.3 is 0 Å². The zero-order chi connectivity index (χ0) is 12.5. The Morgan fingerprint density at radius 2 is 2.28 bits per heavy atom. The number of fused-ring (bicyclic) bond motifs is 1. The van der Waals surface area contributed by atoms with Gasteiger partial charge in [-0.2, -0.15) is 5.26 Å². The van der Waals surface area contributed by atoms with Crippen LogP contribution < -0.4 is 5.32 Å². The van der Waals surface area contributed by atoms with Crippen LogP contribution in [0.3, 0.4) is 0 Å². The van der Waals surface area contributed by atoms with Crippen LogP contribution in [0.5, 0.6) is 0 Å². The molecule has 1 heterocycles. The average Bonchev–Trinajstić information content (AvgIpc) is 2.92. The number of rotatable bonds is 2. The Balaban J connectivity index is 1.95. The van der Waals surface area contributed by atoms with Crippen molar-refractivity contribution in [2.24, 2.45) is 0 Å². The smallest absolute Gasteiger partial charge is 0.187 e. The van der Waals surface area contributed by atoms with E-state index in [1.165, 1.54) is 17.0 Å². The summed E-state index contributed by atoms with van der Waals surface area (Å²) in [6.45, 7) is 2.00. The average molecular weight is 255 g/mol. The third kappa shape index (κ3) is 1.87. The lowest BCUT2D eigenvalue weighted by molar-refractivity contribution is 0.900. The van der Waals surface area contributed by atoms with E-state index in [0.29, 0.717) is 5.56 Å². The van der Waals surface area contributed by atoms with Crippen LogP contribution in [0.4, 0.5) is 10.8 Å². The molecular formula is C14H13N3S. The minimum absolute atomic E-state index is 0.672. The fourth-order valence-corrected chi connectivity index (χ4v) is 3.33. The van der Waals surface area contributed by atoms with Gasteiger partial charge in [0.05, 0.1) is 16.9 Å². The van der Waals surface area contributed by atoms with Crippen LogP contribution in [0.2, 0.25) is 0 Å². The first kappa shape index (κ1) is 11.2. The summed E-state index contributed by atoms with van der Waals surface area (Å²) in [6, 6.07) is 7.96. The molecule has 0 aliphatic heterocycles. The zero-order valence-electron chi connectivity index (χ0n) is 10.2. The van der Waals surface area contributed by atoms with Gasteiger partial charge in [0.1, 0.15) is 6.07 Å². The van der Waals surface area contributed by atoms with Crippen molar-refractivity contribution in [2.45, 2.75) is 26.2 Å². The maximum atomic E-state index is 9.13. The molecule has 0 fully saturated rings. The fourth-order valence-electron chi connectivity index (χ4n) is 2.28. The van der Waals surface area contributed by atoms with Gasteiger partial charge in [0.15, 0.2) is 5.13 Å². The molecule has 0 amide bonds. The Kier molecular flexibility index (Phi) is 2.77. The molecule has 0 atom stereocenters. The molecule has 0 spiro atoms. The Bertz CT molecular complexity index is 615. The number of thiazole rings is 1. The number of nitriles is 1. The van der Waals surface area contributed by atoms with Crippen LogP contribution >= 0.6 is 11.3 Å². The summed E-state index contributed by atoms with van der Waals surface area (Å²) in [6.07, 6.45) is 3.46. The van der Waals surface area contributed by atoms with E-state index in [2.05, 4.69) is 16.4 Å². The summed E-state index contributed by atoms with van der Waals surface area (Å²) in [5, 5.41) is 13.3. The van der Waals surface area contributed by atoms with Gasteiger partial charge < -0.3 is 5.32 Å². The first-order valence-corrected chi connectivity index (χ1v) is 6.85. The van der Waals surface area contributed by atoms with Gasteiger partial charge in [-0.25, -0.2) is 4.98 Å². The molecule has 0 unspecified atom stereocenters. The summed E-state index contributed by atoms with van der Waals surface area (Å²) in [5.74, 6) is 0. The van der Waals surface area contributed by atoms with E-state index in [4.69, 9.17) is 5.26 Å². The Hall–Kier alpha value is -1.86. The van der Waals surface area contributed by atoms with Gasteiger partial charge in [-0.3, -0.25) is 0 Å². The molecular weight excluding hydrogens is 242 g/mol. The minimum Gasteiger partial charge on any atom is -0.330 e. The van der Waals surface area contributed by atoms with Crippen molar-refractivity contribution in [3.8, 4) is 6.07 Å². The second-order valence-electron chi connectivity index (χ2n) is 4.48. The Labute approximate surface area is 110 Å². The van der Waals surface area contributed by atoms with E-state index in [-0.39, 0.29) is 0 Å². The molecule has 1 aromatic carbocycles. The Morgan fingerprint density at radius 1 is 1.39 bits per heavy atom. The fraction of sp³-hybridized carbons (Fsp3) is 0.286. The van der Waals surface area contributed by atoms with Gasteiger partial charge in [0, 0.05) is 4.88 Å². The number of benzene rings is 1. The monoisotopic (exact) mass is 255 g/mol. The Morgan fingerprint density at radius 3 is 3.06 bits per heavy atom. The van der Waals surface area contributed by atoms with Crippen LogP contribution in [0, 0.1) is 18.3 Å². The van der Waals surface area contributed by atoms with Crippen molar-refractivity contribution in [2.75, 3.05) is 5.32 Å². The highest BCUT2D eigenvalue weighted by Crippen LogP contribution is 2.33. The molecule has 0 bridgehead atoms. The normalized spacial score (nSPS) is 13.1. The summed E-state index contributed by atoms with van der Waals surface area (Å²) < 4.78 is 0. The molecule has 1 aliphatic carbocycles. The molecule has 3 nitrogen and oxygen atoms in total. The highest BCUT2D eigenvalue weighted by Gasteiger charge is 2.17. The third-order valence-corrected chi connectivity index (χ3v) is 4.29. The number of aryl methyl sites for hydroxylation is 3. The number of nitrogens with zero attached hydrogens (tertiary/aromatic N) is 2. The van der Waals surface area contributed by atoms with Crippen molar-refractivity contribution >= 4 is 22.2 Å². The van der Waals surface area contributed by atoms with Crippen LogP contribution in [-0.4, -0.2) is 4.98 Å². The number of anilines is 2. The lowest BCUT2D eigenvalue weighted by Gasteiger charge is -2.08. The van der Waals surface area contributed by atoms with Crippen LogP contribution in [-0.2, 0) is 12.8 Å². The highest BCUT2D eigenvalue weighted by atomic mass is 32.1. The largest absolute Gasteiger partial charge is 0.330 e. The quantitative estimate of drug-likeness (QED) is 0.892.